The van der Waals surface area contributed by atoms with Crippen molar-refractivity contribution in [3.8, 4) is 0 Å². The summed E-state index contributed by atoms with van der Waals surface area (Å²) in [6, 6.07) is 0. The van der Waals surface area contributed by atoms with Gasteiger partial charge in [0.2, 0.25) is 5.91 Å². The largest absolute Gasteiger partial charge is 0.388 e. The van der Waals surface area contributed by atoms with E-state index in [0.29, 0.717) is 39.0 Å². The molecule has 0 unspecified atom stereocenters. The Bertz CT molecular complexity index is 295. The van der Waals surface area contributed by atoms with Gasteiger partial charge in [0, 0.05) is 44.6 Å². The Kier molecular flexibility index (Phi) is 4.25. The van der Waals surface area contributed by atoms with Crippen LogP contribution in [0, 0.1) is 0 Å². The monoisotopic (exact) mass is 256 g/mol. The molecule has 0 aromatic rings. The molecule has 1 saturated heterocycles. The Balaban J connectivity index is 1.74. The third kappa shape index (κ3) is 3.67. The van der Waals surface area contributed by atoms with Gasteiger partial charge in [-0.25, -0.2) is 0 Å². The summed E-state index contributed by atoms with van der Waals surface area (Å²) in [7, 11) is 0. The van der Waals surface area contributed by atoms with Gasteiger partial charge in [-0.3, -0.25) is 4.79 Å². The fourth-order valence-electron chi connectivity index (χ4n) is 2.83. The number of carbonyl (C=O) groups is 1. The van der Waals surface area contributed by atoms with Crippen molar-refractivity contribution in [2.45, 2.75) is 56.1 Å². The normalized spacial score (nSPS) is 25.9. The summed E-state index contributed by atoms with van der Waals surface area (Å²) in [4.78, 5) is 11.9. The molecule has 0 aromatic carbocycles. The molecule has 0 bridgehead atoms. The zero-order valence-electron chi connectivity index (χ0n) is 10.9. The van der Waals surface area contributed by atoms with E-state index in [0.717, 1.165) is 25.7 Å². The minimum absolute atomic E-state index is 0.0423. The van der Waals surface area contributed by atoms with Gasteiger partial charge < -0.3 is 20.9 Å². The van der Waals surface area contributed by atoms with Crippen molar-refractivity contribution in [3.05, 3.63) is 0 Å². The summed E-state index contributed by atoms with van der Waals surface area (Å²) in [5, 5.41) is 13.0. The van der Waals surface area contributed by atoms with Crippen LogP contribution in [0.3, 0.4) is 0 Å². The molecule has 0 spiro atoms. The van der Waals surface area contributed by atoms with Gasteiger partial charge >= 0.3 is 0 Å². The van der Waals surface area contributed by atoms with E-state index in [4.69, 9.17) is 10.5 Å². The first-order chi connectivity index (χ1) is 8.52. The smallest absolute Gasteiger partial charge is 0.221 e. The van der Waals surface area contributed by atoms with Gasteiger partial charge in [0.15, 0.2) is 0 Å². The molecule has 1 amide bonds. The second-order valence-electron chi connectivity index (χ2n) is 5.86. The number of carbonyl (C=O) groups excluding carboxylic acids is 1. The third-order valence-corrected chi connectivity index (χ3v) is 4.15. The van der Waals surface area contributed by atoms with E-state index in [1.165, 1.54) is 0 Å². The number of hydrogen-bond acceptors (Lipinski definition) is 4. The van der Waals surface area contributed by atoms with Crippen LogP contribution in [0.2, 0.25) is 0 Å². The molecule has 1 heterocycles. The molecule has 2 aliphatic rings. The maximum Gasteiger partial charge on any atom is 0.221 e. The molecule has 0 aromatic heterocycles. The van der Waals surface area contributed by atoms with E-state index in [1.807, 2.05) is 0 Å². The lowest BCUT2D eigenvalue weighted by molar-refractivity contribution is -0.125. The van der Waals surface area contributed by atoms with Crippen molar-refractivity contribution in [3.63, 3.8) is 0 Å². The highest BCUT2D eigenvalue weighted by molar-refractivity contribution is 5.77. The van der Waals surface area contributed by atoms with Crippen molar-refractivity contribution in [2.24, 2.45) is 5.73 Å². The fourth-order valence-corrected chi connectivity index (χ4v) is 2.83. The second kappa shape index (κ2) is 5.55. The van der Waals surface area contributed by atoms with E-state index in [-0.39, 0.29) is 11.4 Å². The summed E-state index contributed by atoms with van der Waals surface area (Å²) in [6.45, 7) is 1.44. The van der Waals surface area contributed by atoms with E-state index < -0.39 is 5.60 Å². The lowest BCUT2D eigenvalue weighted by atomic mass is 9.92. The molecule has 0 radical (unpaired) electrons. The Morgan fingerprint density at radius 1 is 1.22 bits per heavy atom. The van der Waals surface area contributed by atoms with Crippen LogP contribution in [-0.2, 0) is 9.53 Å². The molecule has 2 fully saturated rings. The van der Waals surface area contributed by atoms with E-state index in [2.05, 4.69) is 5.32 Å². The summed E-state index contributed by atoms with van der Waals surface area (Å²) in [5.74, 6) is -0.0423. The van der Waals surface area contributed by atoms with Crippen molar-refractivity contribution >= 4 is 5.91 Å². The number of rotatable bonds is 4. The van der Waals surface area contributed by atoms with Crippen LogP contribution in [0.25, 0.3) is 0 Å². The van der Waals surface area contributed by atoms with Gasteiger partial charge in [0.25, 0.3) is 0 Å². The number of ether oxygens (including phenoxy) is 1. The first kappa shape index (κ1) is 13.8. The fraction of sp³-hybridized carbons (Fsp3) is 0.923. The summed E-state index contributed by atoms with van der Waals surface area (Å²) in [5.41, 5.74) is 5.04. The van der Waals surface area contributed by atoms with Crippen LogP contribution in [0.15, 0.2) is 0 Å². The second-order valence-corrected chi connectivity index (χ2v) is 5.86. The van der Waals surface area contributed by atoms with Gasteiger partial charge in [0.1, 0.15) is 0 Å². The number of nitrogens with two attached hydrogens (primary N) is 1. The van der Waals surface area contributed by atoms with Crippen molar-refractivity contribution in [2.75, 3.05) is 19.8 Å². The highest BCUT2D eigenvalue weighted by Gasteiger charge is 2.33. The zero-order valence-corrected chi connectivity index (χ0v) is 10.9. The lowest BCUT2D eigenvalue weighted by Crippen LogP contribution is -2.49. The average molecular weight is 256 g/mol. The number of amides is 1. The third-order valence-electron chi connectivity index (χ3n) is 4.15. The number of aliphatic hydroxyl groups is 1. The van der Waals surface area contributed by atoms with E-state index >= 15 is 0 Å². The standard InChI is InChI=1S/C13H24N2O3/c14-12(3-1-2-4-12)9-11(16)15-10-13(17)5-7-18-8-6-13/h17H,1-10,14H2,(H,15,16). The van der Waals surface area contributed by atoms with Crippen LogP contribution in [-0.4, -0.2) is 41.9 Å². The highest BCUT2D eigenvalue weighted by Crippen LogP contribution is 2.30. The van der Waals surface area contributed by atoms with Gasteiger partial charge in [-0.05, 0) is 12.8 Å². The molecular formula is C13H24N2O3. The minimum atomic E-state index is -0.800. The van der Waals surface area contributed by atoms with Crippen LogP contribution >= 0.6 is 0 Å². The van der Waals surface area contributed by atoms with Gasteiger partial charge in [-0.2, -0.15) is 0 Å². The first-order valence-electron chi connectivity index (χ1n) is 6.87. The SMILES string of the molecule is NC1(CC(=O)NCC2(O)CCOCC2)CCCC1. The Morgan fingerprint density at radius 3 is 2.44 bits per heavy atom. The first-order valence-corrected chi connectivity index (χ1v) is 6.87. The molecule has 18 heavy (non-hydrogen) atoms. The number of hydrogen-bond donors (Lipinski definition) is 3. The van der Waals surface area contributed by atoms with Crippen LogP contribution in [0.4, 0.5) is 0 Å². The van der Waals surface area contributed by atoms with Gasteiger partial charge in [-0.1, -0.05) is 12.8 Å². The molecule has 4 N–H and O–H groups in total. The Hall–Kier alpha value is -0.650. The predicted octanol–water partition coefficient (Wildman–Crippen LogP) is 0.306. The lowest BCUT2D eigenvalue weighted by Gasteiger charge is -2.32. The summed E-state index contributed by atoms with van der Waals surface area (Å²) in [6.07, 6.45) is 5.63. The predicted molar refractivity (Wildman–Crippen MR) is 68.0 cm³/mol. The van der Waals surface area contributed by atoms with Crippen LogP contribution in [0.1, 0.15) is 44.9 Å². The minimum Gasteiger partial charge on any atom is -0.388 e. The Labute approximate surface area is 108 Å². The molecule has 1 aliphatic carbocycles. The molecule has 2 rings (SSSR count). The number of nitrogens with one attached hydrogen (secondary N) is 1. The van der Waals surface area contributed by atoms with Gasteiger partial charge in [0.05, 0.1) is 5.60 Å². The highest BCUT2D eigenvalue weighted by atomic mass is 16.5. The zero-order chi connectivity index (χ0) is 13.1. The molecule has 1 saturated carbocycles. The quantitative estimate of drug-likeness (QED) is 0.675. The van der Waals surface area contributed by atoms with E-state index in [1.54, 1.807) is 0 Å². The van der Waals surface area contributed by atoms with Crippen molar-refractivity contribution in [1.82, 2.24) is 5.32 Å². The topological polar surface area (TPSA) is 84.6 Å². The van der Waals surface area contributed by atoms with Crippen molar-refractivity contribution < 1.29 is 14.6 Å². The Morgan fingerprint density at radius 2 is 1.83 bits per heavy atom. The molecular weight excluding hydrogens is 232 g/mol. The van der Waals surface area contributed by atoms with Crippen LogP contribution < -0.4 is 11.1 Å². The van der Waals surface area contributed by atoms with E-state index in [9.17, 15) is 9.90 Å². The molecule has 104 valence electrons. The molecule has 5 nitrogen and oxygen atoms in total. The maximum atomic E-state index is 11.9. The summed E-state index contributed by atoms with van der Waals surface area (Å²) < 4.78 is 5.20. The molecule has 0 atom stereocenters. The van der Waals surface area contributed by atoms with Crippen LogP contribution in [0.5, 0.6) is 0 Å². The average Bonchev–Trinajstić information content (AvgIpc) is 2.74. The molecule has 1 aliphatic heterocycles. The summed E-state index contributed by atoms with van der Waals surface area (Å²) >= 11 is 0. The molecule has 5 heteroatoms. The van der Waals surface area contributed by atoms with Gasteiger partial charge in [-0.15, -0.1) is 0 Å². The maximum absolute atomic E-state index is 11.9. The van der Waals surface area contributed by atoms with Crippen molar-refractivity contribution in [1.29, 1.82) is 0 Å².